The number of carbonyl (C=O) groups is 1. The molecular formula is C12H23NO3. The summed E-state index contributed by atoms with van der Waals surface area (Å²) in [5.41, 5.74) is 0. The highest BCUT2D eigenvalue weighted by Gasteiger charge is 2.21. The highest BCUT2D eigenvalue weighted by molar-refractivity contribution is 5.78. The lowest BCUT2D eigenvalue weighted by molar-refractivity contribution is -0.129. The van der Waals surface area contributed by atoms with Crippen LogP contribution in [0.15, 0.2) is 0 Å². The fraction of sp³-hybridized carbons (Fsp3) is 0.917. The van der Waals surface area contributed by atoms with Gasteiger partial charge in [0.1, 0.15) is 0 Å². The van der Waals surface area contributed by atoms with Crippen molar-refractivity contribution in [2.45, 2.75) is 32.6 Å². The van der Waals surface area contributed by atoms with Gasteiger partial charge in [0.15, 0.2) is 0 Å². The summed E-state index contributed by atoms with van der Waals surface area (Å²) in [5, 5.41) is 11.8. The van der Waals surface area contributed by atoms with Crippen molar-refractivity contribution in [2.75, 3.05) is 26.4 Å². The Balaban J connectivity index is 2.22. The Morgan fingerprint density at radius 2 is 2.44 bits per heavy atom. The Kier molecular flexibility index (Phi) is 6.42. The third-order valence-corrected chi connectivity index (χ3v) is 3.21. The molecule has 1 fully saturated rings. The van der Waals surface area contributed by atoms with Gasteiger partial charge in [-0.3, -0.25) is 4.79 Å². The molecule has 0 saturated carbocycles. The van der Waals surface area contributed by atoms with Gasteiger partial charge in [0.25, 0.3) is 0 Å². The van der Waals surface area contributed by atoms with Crippen molar-refractivity contribution in [1.29, 1.82) is 0 Å². The predicted octanol–water partition coefficient (Wildman–Crippen LogP) is 0.938. The molecule has 2 unspecified atom stereocenters. The summed E-state index contributed by atoms with van der Waals surface area (Å²) in [6.07, 6.45) is 3.66. The lowest BCUT2D eigenvalue weighted by Gasteiger charge is -2.22. The molecule has 16 heavy (non-hydrogen) atoms. The zero-order valence-corrected chi connectivity index (χ0v) is 10.1. The maximum Gasteiger partial charge on any atom is 0.225 e. The van der Waals surface area contributed by atoms with Gasteiger partial charge in [0.05, 0.1) is 12.5 Å². The molecule has 2 N–H and O–H groups in total. The first-order chi connectivity index (χ1) is 7.77. The smallest absolute Gasteiger partial charge is 0.225 e. The van der Waals surface area contributed by atoms with Crippen molar-refractivity contribution in [2.24, 2.45) is 11.8 Å². The normalized spacial score (nSPS) is 22.8. The Morgan fingerprint density at radius 1 is 1.62 bits per heavy atom. The van der Waals surface area contributed by atoms with Crippen LogP contribution in [0.2, 0.25) is 0 Å². The van der Waals surface area contributed by atoms with Gasteiger partial charge >= 0.3 is 0 Å². The Bertz CT molecular complexity index is 202. The molecule has 0 aromatic rings. The molecule has 94 valence electrons. The Labute approximate surface area is 97.4 Å². The second-order valence-corrected chi connectivity index (χ2v) is 4.45. The lowest BCUT2D eigenvalue weighted by atomic mass is 9.99. The highest BCUT2D eigenvalue weighted by atomic mass is 16.5. The first-order valence-corrected chi connectivity index (χ1v) is 6.24. The Morgan fingerprint density at radius 3 is 3.00 bits per heavy atom. The lowest BCUT2D eigenvalue weighted by Crippen LogP contribution is -2.38. The number of aliphatic hydroxyl groups is 1. The van der Waals surface area contributed by atoms with E-state index in [1.165, 1.54) is 0 Å². The van der Waals surface area contributed by atoms with Crippen molar-refractivity contribution in [3.63, 3.8) is 0 Å². The van der Waals surface area contributed by atoms with E-state index in [0.29, 0.717) is 19.1 Å². The number of hydrogen-bond donors (Lipinski definition) is 2. The minimum Gasteiger partial charge on any atom is -0.396 e. The van der Waals surface area contributed by atoms with E-state index < -0.39 is 0 Å². The molecule has 1 saturated heterocycles. The molecule has 0 spiro atoms. The molecule has 4 heteroatoms. The highest BCUT2D eigenvalue weighted by Crippen LogP contribution is 2.14. The fourth-order valence-corrected chi connectivity index (χ4v) is 1.97. The number of hydrogen-bond acceptors (Lipinski definition) is 3. The summed E-state index contributed by atoms with van der Waals surface area (Å²) in [7, 11) is 0. The van der Waals surface area contributed by atoms with E-state index in [1.54, 1.807) is 0 Å². The number of ether oxygens (including phenoxy) is 1. The average molecular weight is 229 g/mol. The van der Waals surface area contributed by atoms with Crippen LogP contribution in [0.1, 0.15) is 32.6 Å². The number of aliphatic hydroxyl groups excluding tert-OH is 1. The van der Waals surface area contributed by atoms with Gasteiger partial charge in [-0.05, 0) is 25.2 Å². The van der Waals surface area contributed by atoms with Gasteiger partial charge < -0.3 is 15.2 Å². The zero-order chi connectivity index (χ0) is 11.8. The number of amides is 1. The molecule has 2 atom stereocenters. The standard InChI is InChI=1S/C12H23NO3/c1-2-10(5-6-14)8-13-12(15)11-4-3-7-16-9-11/h10-11,14H,2-9H2,1H3,(H,13,15). The van der Waals surface area contributed by atoms with Crippen molar-refractivity contribution in [3.05, 3.63) is 0 Å². The molecule has 0 radical (unpaired) electrons. The van der Waals surface area contributed by atoms with Crippen molar-refractivity contribution in [1.82, 2.24) is 5.32 Å². The minimum atomic E-state index is 0.0281. The van der Waals surface area contributed by atoms with Gasteiger partial charge in [-0.25, -0.2) is 0 Å². The maximum atomic E-state index is 11.8. The van der Waals surface area contributed by atoms with Crippen LogP contribution >= 0.6 is 0 Å². The average Bonchev–Trinajstić information content (AvgIpc) is 2.35. The molecule has 0 aromatic carbocycles. The monoisotopic (exact) mass is 229 g/mol. The van der Waals surface area contributed by atoms with E-state index in [-0.39, 0.29) is 18.4 Å². The van der Waals surface area contributed by atoms with Gasteiger partial charge in [-0.2, -0.15) is 0 Å². The topological polar surface area (TPSA) is 58.6 Å². The van der Waals surface area contributed by atoms with Crippen molar-refractivity contribution in [3.8, 4) is 0 Å². The van der Waals surface area contributed by atoms with Crippen LogP contribution in [-0.4, -0.2) is 37.4 Å². The van der Waals surface area contributed by atoms with Crippen LogP contribution in [0.3, 0.4) is 0 Å². The zero-order valence-electron chi connectivity index (χ0n) is 10.1. The molecule has 4 nitrogen and oxygen atoms in total. The quantitative estimate of drug-likeness (QED) is 0.712. The summed E-state index contributed by atoms with van der Waals surface area (Å²) in [6, 6.07) is 0. The molecule has 1 heterocycles. The summed E-state index contributed by atoms with van der Waals surface area (Å²) >= 11 is 0. The largest absolute Gasteiger partial charge is 0.396 e. The molecule has 0 aliphatic carbocycles. The summed E-state index contributed by atoms with van der Waals surface area (Å²) in [5.74, 6) is 0.523. The molecule has 1 amide bonds. The first-order valence-electron chi connectivity index (χ1n) is 6.24. The van der Waals surface area contributed by atoms with Gasteiger partial charge in [0, 0.05) is 19.8 Å². The molecular weight excluding hydrogens is 206 g/mol. The van der Waals surface area contributed by atoms with Crippen LogP contribution in [-0.2, 0) is 9.53 Å². The SMILES string of the molecule is CCC(CCO)CNC(=O)C1CCCOC1. The number of rotatable bonds is 6. The van der Waals surface area contributed by atoms with E-state index in [2.05, 4.69) is 12.2 Å². The van der Waals surface area contributed by atoms with E-state index in [0.717, 1.165) is 32.3 Å². The summed E-state index contributed by atoms with van der Waals surface area (Å²) in [6.45, 7) is 4.29. The van der Waals surface area contributed by atoms with Crippen LogP contribution in [0, 0.1) is 11.8 Å². The third kappa shape index (κ3) is 4.49. The molecule has 0 bridgehead atoms. The van der Waals surface area contributed by atoms with Gasteiger partial charge in [-0.1, -0.05) is 13.3 Å². The van der Waals surface area contributed by atoms with Gasteiger partial charge in [0.2, 0.25) is 5.91 Å². The second kappa shape index (κ2) is 7.63. The molecule has 1 rings (SSSR count). The van der Waals surface area contributed by atoms with E-state index >= 15 is 0 Å². The Hall–Kier alpha value is -0.610. The van der Waals surface area contributed by atoms with Crippen molar-refractivity contribution >= 4 is 5.91 Å². The van der Waals surface area contributed by atoms with Crippen LogP contribution in [0.25, 0.3) is 0 Å². The van der Waals surface area contributed by atoms with Crippen LogP contribution in [0.4, 0.5) is 0 Å². The van der Waals surface area contributed by atoms with E-state index in [1.807, 2.05) is 0 Å². The minimum absolute atomic E-state index is 0.0281. The van der Waals surface area contributed by atoms with E-state index in [9.17, 15) is 4.79 Å². The fourth-order valence-electron chi connectivity index (χ4n) is 1.97. The first kappa shape index (κ1) is 13.5. The second-order valence-electron chi connectivity index (χ2n) is 4.45. The third-order valence-electron chi connectivity index (χ3n) is 3.21. The summed E-state index contributed by atoms with van der Waals surface area (Å²) < 4.78 is 5.28. The summed E-state index contributed by atoms with van der Waals surface area (Å²) in [4.78, 5) is 11.8. The predicted molar refractivity (Wildman–Crippen MR) is 62.0 cm³/mol. The van der Waals surface area contributed by atoms with Crippen LogP contribution in [0.5, 0.6) is 0 Å². The van der Waals surface area contributed by atoms with Crippen molar-refractivity contribution < 1.29 is 14.6 Å². The molecule has 1 aliphatic heterocycles. The van der Waals surface area contributed by atoms with Crippen LogP contribution < -0.4 is 5.32 Å². The van der Waals surface area contributed by atoms with Gasteiger partial charge in [-0.15, -0.1) is 0 Å². The maximum absolute atomic E-state index is 11.8. The number of carbonyl (C=O) groups excluding carboxylic acids is 1. The molecule has 1 aliphatic rings. The van der Waals surface area contributed by atoms with E-state index in [4.69, 9.17) is 9.84 Å². The molecule has 0 aromatic heterocycles. The number of nitrogens with one attached hydrogen (secondary N) is 1.